The zero-order valence-corrected chi connectivity index (χ0v) is 17.0. The Kier molecular flexibility index (Phi) is 5.10. The minimum Gasteiger partial charge on any atom is -0.496 e. The van der Waals surface area contributed by atoms with E-state index in [1.165, 1.54) is 12.1 Å². The van der Waals surface area contributed by atoms with E-state index in [0.29, 0.717) is 10.8 Å². The fraction of sp³-hybridized carbons (Fsp3) is 0.350. The fourth-order valence-electron chi connectivity index (χ4n) is 3.91. The monoisotopic (exact) mass is 407 g/mol. The molecule has 2 aromatic carbocycles. The average molecular weight is 408 g/mol. The second kappa shape index (κ2) is 6.93. The van der Waals surface area contributed by atoms with Gasteiger partial charge in [0.15, 0.2) is 0 Å². The second-order valence-electron chi connectivity index (χ2n) is 7.49. The zero-order chi connectivity index (χ0) is 20.0. The van der Waals surface area contributed by atoms with Crippen LogP contribution >= 0.6 is 11.6 Å². The number of methoxy groups -OCH3 is 1. The lowest BCUT2D eigenvalue weighted by Gasteiger charge is -2.09. The number of ether oxygens (including phenoxy) is 1. The molecule has 1 aliphatic rings. The van der Waals surface area contributed by atoms with Crippen molar-refractivity contribution in [3.05, 3.63) is 58.6 Å². The lowest BCUT2D eigenvalue weighted by atomic mass is 10.0. The summed E-state index contributed by atoms with van der Waals surface area (Å²) < 4.78 is 28.2. The quantitative estimate of drug-likeness (QED) is 0.793. The van der Waals surface area contributed by atoms with Crippen LogP contribution in [-0.4, -0.2) is 21.3 Å². The summed E-state index contributed by atoms with van der Waals surface area (Å²) in [5.74, 6) is 0.632. The number of primary sulfonamides is 1. The predicted molar refractivity (Wildman–Crippen MR) is 105 cm³/mol. The van der Waals surface area contributed by atoms with E-state index in [4.69, 9.17) is 21.5 Å². The molecule has 3 rings (SSSR count). The predicted octanol–water partition coefficient (Wildman–Crippen LogP) is 3.55. The summed E-state index contributed by atoms with van der Waals surface area (Å²) in [5, 5.41) is 5.71. The van der Waals surface area contributed by atoms with Gasteiger partial charge in [0.1, 0.15) is 11.5 Å². The van der Waals surface area contributed by atoms with E-state index >= 15 is 0 Å². The lowest BCUT2D eigenvalue weighted by Crippen LogP contribution is -2.12. The van der Waals surface area contributed by atoms with Crippen molar-refractivity contribution in [2.45, 2.75) is 31.1 Å². The van der Waals surface area contributed by atoms with Gasteiger partial charge in [-0.05, 0) is 47.2 Å². The van der Waals surface area contributed by atoms with Crippen molar-refractivity contribution in [1.29, 1.82) is 0 Å². The van der Waals surface area contributed by atoms with Crippen LogP contribution in [0.1, 0.15) is 30.9 Å². The Balaban J connectivity index is 1.81. The summed E-state index contributed by atoms with van der Waals surface area (Å²) >= 11 is 6.06. The summed E-state index contributed by atoms with van der Waals surface area (Å²) in [6.07, 6.45) is 0.240. The summed E-state index contributed by atoms with van der Waals surface area (Å²) in [7, 11) is -2.17. The van der Waals surface area contributed by atoms with E-state index in [2.05, 4.69) is 0 Å². The molecule has 2 atom stereocenters. The number of rotatable bonds is 6. The number of carbonyl (C=O) groups excluding carboxylic acids is 1. The average Bonchev–Trinajstić information content (AvgIpc) is 3.17. The maximum Gasteiger partial charge on any atom is 0.238 e. The van der Waals surface area contributed by atoms with Crippen LogP contribution in [0.3, 0.4) is 0 Å². The number of halogens is 1. The standard InChI is InChI=1S/C20H22ClNO4S/c1-20(2)18(12-4-7-15(8-5-12)27(22,24)25)19(20)16(23)11-13-10-14(21)6-9-17(13)26-3/h4-10,18-19H,11H2,1-3H3,(H2,22,24,25)/t18-,19-/m1/s1. The first kappa shape index (κ1) is 19.9. The van der Waals surface area contributed by atoms with E-state index in [1.54, 1.807) is 37.4 Å². The minimum absolute atomic E-state index is 0.0321. The van der Waals surface area contributed by atoms with Crippen LogP contribution in [0, 0.1) is 11.3 Å². The van der Waals surface area contributed by atoms with Gasteiger partial charge in [0.25, 0.3) is 0 Å². The maximum atomic E-state index is 13.0. The van der Waals surface area contributed by atoms with E-state index in [1.807, 2.05) is 13.8 Å². The first-order valence-electron chi connectivity index (χ1n) is 8.53. The van der Waals surface area contributed by atoms with Gasteiger partial charge in [0.2, 0.25) is 10.0 Å². The van der Waals surface area contributed by atoms with Crippen molar-refractivity contribution in [3.63, 3.8) is 0 Å². The Morgan fingerprint density at radius 3 is 2.37 bits per heavy atom. The Hall–Kier alpha value is -1.89. The van der Waals surface area contributed by atoms with Crippen molar-refractivity contribution in [3.8, 4) is 5.75 Å². The molecule has 1 fully saturated rings. The fourth-order valence-corrected chi connectivity index (χ4v) is 4.62. The largest absolute Gasteiger partial charge is 0.496 e. The Bertz CT molecular complexity index is 984. The van der Waals surface area contributed by atoms with Gasteiger partial charge >= 0.3 is 0 Å². The van der Waals surface area contributed by atoms with Crippen LogP contribution < -0.4 is 9.88 Å². The van der Waals surface area contributed by atoms with E-state index in [-0.39, 0.29) is 34.4 Å². The highest BCUT2D eigenvalue weighted by Gasteiger charge is 2.61. The maximum absolute atomic E-state index is 13.0. The summed E-state index contributed by atoms with van der Waals surface area (Å²) in [6.45, 7) is 4.09. The molecule has 27 heavy (non-hydrogen) atoms. The van der Waals surface area contributed by atoms with Gasteiger partial charge in [0.05, 0.1) is 12.0 Å². The molecule has 1 saturated carbocycles. The van der Waals surface area contributed by atoms with Crippen molar-refractivity contribution >= 4 is 27.4 Å². The topological polar surface area (TPSA) is 86.5 Å². The van der Waals surface area contributed by atoms with Gasteiger partial charge in [-0.2, -0.15) is 0 Å². The van der Waals surface area contributed by atoms with Crippen LogP contribution in [0.25, 0.3) is 0 Å². The molecule has 0 aromatic heterocycles. The lowest BCUT2D eigenvalue weighted by molar-refractivity contribution is -0.120. The molecule has 0 radical (unpaired) electrons. The molecular weight excluding hydrogens is 386 g/mol. The number of Topliss-reactive ketones (excluding diaryl/α,β-unsaturated/α-hetero) is 1. The first-order valence-corrected chi connectivity index (χ1v) is 10.5. The summed E-state index contributed by atoms with van der Waals surface area (Å²) in [6, 6.07) is 11.7. The van der Waals surface area contributed by atoms with E-state index in [0.717, 1.165) is 11.1 Å². The third-order valence-electron chi connectivity index (χ3n) is 5.35. The molecule has 144 valence electrons. The molecular formula is C20H22ClNO4S. The molecule has 0 aliphatic heterocycles. The molecule has 0 unspecified atom stereocenters. The van der Waals surface area contributed by atoms with Crippen LogP contribution in [-0.2, 0) is 21.2 Å². The second-order valence-corrected chi connectivity index (χ2v) is 9.49. The number of carbonyl (C=O) groups is 1. The highest BCUT2D eigenvalue weighted by Crippen LogP contribution is 2.65. The van der Waals surface area contributed by atoms with Crippen molar-refractivity contribution < 1.29 is 17.9 Å². The zero-order valence-electron chi connectivity index (χ0n) is 15.4. The van der Waals surface area contributed by atoms with E-state index in [9.17, 15) is 13.2 Å². The molecule has 0 bridgehead atoms. The van der Waals surface area contributed by atoms with Crippen LogP contribution in [0.4, 0.5) is 0 Å². The van der Waals surface area contributed by atoms with Crippen molar-refractivity contribution in [1.82, 2.24) is 0 Å². The third-order valence-corrected chi connectivity index (χ3v) is 6.51. The summed E-state index contributed by atoms with van der Waals surface area (Å²) in [5.41, 5.74) is 1.50. The molecule has 1 aliphatic carbocycles. The molecule has 5 nitrogen and oxygen atoms in total. The van der Waals surface area contributed by atoms with Gasteiger partial charge in [0, 0.05) is 22.9 Å². The van der Waals surface area contributed by atoms with Crippen molar-refractivity contribution in [2.24, 2.45) is 16.5 Å². The molecule has 0 heterocycles. The van der Waals surface area contributed by atoms with Gasteiger partial charge in [-0.15, -0.1) is 0 Å². The molecule has 0 amide bonds. The normalized spacial score (nSPS) is 20.9. The van der Waals surface area contributed by atoms with Crippen molar-refractivity contribution in [2.75, 3.05) is 7.11 Å². The van der Waals surface area contributed by atoms with Gasteiger partial charge in [-0.1, -0.05) is 37.6 Å². The molecule has 0 saturated heterocycles. The Labute approximate surface area is 164 Å². The minimum atomic E-state index is -3.73. The SMILES string of the molecule is COc1ccc(Cl)cc1CC(=O)[C@@H]1[C@@H](c2ccc(S(N)(=O)=O)cc2)C1(C)C. The highest BCUT2D eigenvalue weighted by molar-refractivity contribution is 7.89. The van der Waals surface area contributed by atoms with E-state index < -0.39 is 10.0 Å². The molecule has 2 aromatic rings. The Morgan fingerprint density at radius 1 is 1.19 bits per heavy atom. The van der Waals surface area contributed by atoms with Crippen LogP contribution in [0.5, 0.6) is 5.75 Å². The smallest absolute Gasteiger partial charge is 0.238 e. The molecule has 2 N–H and O–H groups in total. The van der Waals surface area contributed by atoms with Crippen LogP contribution in [0.15, 0.2) is 47.4 Å². The first-order chi connectivity index (χ1) is 12.6. The number of hydrogen-bond acceptors (Lipinski definition) is 4. The van der Waals surface area contributed by atoms with Gasteiger partial charge in [-0.3, -0.25) is 4.79 Å². The summed E-state index contributed by atoms with van der Waals surface area (Å²) in [4.78, 5) is 13.0. The molecule has 0 spiro atoms. The van der Waals surface area contributed by atoms with Gasteiger partial charge in [-0.25, -0.2) is 13.6 Å². The number of benzene rings is 2. The Morgan fingerprint density at radius 2 is 1.81 bits per heavy atom. The number of nitrogens with two attached hydrogens (primary N) is 1. The third kappa shape index (κ3) is 3.88. The number of sulfonamides is 1. The van der Waals surface area contributed by atoms with Crippen LogP contribution in [0.2, 0.25) is 5.02 Å². The van der Waals surface area contributed by atoms with Gasteiger partial charge < -0.3 is 4.74 Å². The number of hydrogen-bond donors (Lipinski definition) is 1. The molecule has 7 heteroatoms. The highest BCUT2D eigenvalue weighted by atomic mass is 35.5. The number of ketones is 1.